The number of carbonyl (C=O) groups is 2. The van der Waals surface area contributed by atoms with Crippen molar-refractivity contribution < 1.29 is 18.0 Å². The summed E-state index contributed by atoms with van der Waals surface area (Å²) in [6, 6.07) is 8.28. The molecule has 0 aliphatic carbocycles. The van der Waals surface area contributed by atoms with E-state index in [-0.39, 0.29) is 28.3 Å². The van der Waals surface area contributed by atoms with E-state index >= 15 is 0 Å². The Bertz CT molecular complexity index is 1170. The average Bonchev–Trinajstić information content (AvgIpc) is 2.78. The van der Waals surface area contributed by atoms with E-state index in [0.29, 0.717) is 22.0 Å². The molecule has 2 rings (SSSR count). The van der Waals surface area contributed by atoms with Crippen LogP contribution in [0, 0.1) is 0 Å². The van der Waals surface area contributed by atoms with Crippen molar-refractivity contribution in [1.29, 1.82) is 0 Å². The highest BCUT2D eigenvalue weighted by Crippen LogP contribution is 2.34. The number of sulfonamides is 1. The Hall–Kier alpha value is -1.71. The third-order valence-corrected chi connectivity index (χ3v) is 8.08. The molecule has 0 aliphatic rings. The van der Waals surface area contributed by atoms with Crippen LogP contribution in [0.4, 0.5) is 5.69 Å². The highest BCUT2D eigenvalue weighted by molar-refractivity contribution is 7.92. The summed E-state index contributed by atoms with van der Waals surface area (Å²) in [6.07, 6.45) is 1.64. The fourth-order valence-corrected chi connectivity index (χ4v) is 5.00. The topological polar surface area (TPSA) is 86.8 Å². The van der Waals surface area contributed by atoms with Gasteiger partial charge < -0.3 is 10.2 Å². The van der Waals surface area contributed by atoms with Crippen LogP contribution in [0.15, 0.2) is 36.4 Å². The molecule has 0 aliphatic heterocycles. The van der Waals surface area contributed by atoms with Crippen molar-refractivity contribution in [2.45, 2.75) is 45.8 Å². The smallest absolute Gasteiger partial charge is 0.244 e. The third kappa shape index (κ3) is 7.64. The van der Waals surface area contributed by atoms with Gasteiger partial charge in [-0.3, -0.25) is 13.9 Å². The van der Waals surface area contributed by atoms with Crippen LogP contribution in [-0.2, 0) is 26.2 Å². The van der Waals surface area contributed by atoms with E-state index in [4.69, 9.17) is 46.4 Å². The van der Waals surface area contributed by atoms with Crippen molar-refractivity contribution >= 4 is 73.9 Å². The van der Waals surface area contributed by atoms with Gasteiger partial charge in [-0.2, -0.15) is 0 Å². The van der Waals surface area contributed by atoms with Gasteiger partial charge in [-0.25, -0.2) is 8.42 Å². The van der Waals surface area contributed by atoms with Crippen molar-refractivity contribution in [3.63, 3.8) is 0 Å². The van der Waals surface area contributed by atoms with Gasteiger partial charge in [-0.1, -0.05) is 65.5 Å². The molecule has 0 radical (unpaired) electrons. The number of hydrogen-bond donors (Lipinski definition) is 1. The van der Waals surface area contributed by atoms with Crippen LogP contribution in [-0.4, -0.2) is 50.0 Å². The first-order chi connectivity index (χ1) is 16.3. The van der Waals surface area contributed by atoms with Gasteiger partial charge >= 0.3 is 0 Å². The first-order valence-electron chi connectivity index (χ1n) is 10.7. The van der Waals surface area contributed by atoms with Gasteiger partial charge in [0.15, 0.2) is 0 Å². The Labute approximate surface area is 226 Å². The zero-order valence-corrected chi connectivity index (χ0v) is 23.5. The molecule has 0 saturated heterocycles. The fraction of sp³-hybridized carbons (Fsp3) is 0.391. The van der Waals surface area contributed by atoms with Crippen LogP contribution in [0.5, 0.6) is 0 Å². The lowest BCUT2D eigenvalue weighted by molar-refractivity contribution is -0.139. The summed E-state index contributed by atoms with van der Waals surface area (Å²) in [4.78, 5) is 27.7. The second kappa shape index (κ2) is 12.5. The Balaban J connectivity index is 2.49. The standard InChI is InChI=1S/C23H27Cl4N3O4S/c1-5-14(2)28-23(32)15(3)29(12-16-17(24)8-6-9-18(16)25)21(31)13-30(35(4,33)34)20-11-7-10-19(26)22(20)27/h6-11,14-15H,5,12-13H2,1-4H3,(H,28,32). The van der Waals surface area contributed by atoms with Crippen LogP contribution in [0.1, 0.15) is 32.8 Å². The first kappa shape index (κ1) is 29.5. The van der Waals surface area contributed by atoms with Crippen molar-refractivity contribution in [3.8, 4) is 0 Å². The van der Waals surface area contributed by atoms with Crippen molar-refractivity contribution in [3.05, 3.63) is 62.1 Å². The second-order valence-electron chi connectivity index (χ2n) is 8.06. The molecule has 0 spiro atoms. The average molecular weight is 583 g/mol. The molecule has 2 aromatic rings. The summed E-state index contributed by atoms with van der Waals surface area (Å²) < 4.78 is 26.1. The molecule has 1 N–H and O–H groups in total. The molecule has 0 aromatic heterocycles. The zero-order valence-electron chi connectivity index (χ0n) is 19.7. The van der Waals surface area contributed by atoms with Gasteiger partial charge in [0, 0.05) is 28.2 Å². The van der Waals surface area contributed by atoms with Gasteiger partial charge in [-0.15, -0.1) is 0 Å². The predicted octanol–water partition coefficient (Wildman–Crippen LogP) is 5.40. The van der Waals surface area contributed by atoms with Crippen molar-refractivity contribution in [2.75, 3.05) is 17.1 Å². The zero-order chi connectivity index (χ0) is 26.5. The summed E-state index contributed by atoms with van der Waals surface area (Å²) >= 11 is 25.0. The molecule has 0 fully saturated rings. The SMILES string of the molecule is CCC(C)NC(=O)C(C)N(Cc1c(Cl)cccc1Cl)C(=O)CN(c1cccc(Cl)c1Cl)S(C)(=O)=O. The van der Waals surface area contributed by atoms with E-state index in [0.717, 1.165) is 10.6 Å². The van der Waals surface area contributed by atoms with Crippen LogP contribution in [0.3, 0.4) is 0 Å². The second-order valence-corrected chi connectivity index (χ2v) is 11.6. The summed E-state index contributed by atoms with van der Waals surface area (Å²) in [5.74, 6) is -1.06. The minimum Gasteiger partial charge on any atom is -0.352 e. The maximum Gasteiger partial charge on any atom is 0.244 e. The lowest BCUT2D eigenvalue weighted by Gasteiger charge is -2.32. The normalized spacial score (nSPS) is 13.1. The highest BCUT2D eigenvalue weighted by Gasteiger charge is 2.32. The predicted molar refractivity (Wildman–Crippen MR) is 143 cm³/mol. The van der Waals surface area contributed by atoms with E-state index in [1.807, 2.05) is 13.8 Å². The molecule has 12 heteroatoms. The Morgan fingerprint density at radius 3 is 2.06 bits per heavy atom. The Morgan fingerprint density at radius 2 is 1.51 bits per heavy atom. The molecular weight excluding hydrogens is 556 g/mol. The molecule has 2 unspecified atom stereocenters. The molecule has 7 nitrogen and oxygen atoms in total. The molecule has 0 heterocycles. The summed E-state index contributed by atoms with van der Waals surface area (Å²) in [5, 5.41) is 3.57. The number of rotatable bonds is 10. The molecule has 2 atom stereocenters. The molecule has 35 heavy (non-hydrogen) atoms. The molecule has 192 valence electrons. The maximum absolute atomic E-state index is 13.6. The summed E-state index contributed by atoms with van der Waals surface area (Å²) in [6.45, 7) is 4.57. The number of benzene rings is 2. The number of nitrogens with zero attached hydrogens (tertiary/aromatic N) is 2. The highest BCUT2D eigenvalue weighted by atomic mass is 35.5. The van der Waals surface area contributed by atoms with E-state index in [1.165, 1.54) is 23.1 Å². The van der Waals surface area contributed by atoms with Crippen LogP contribution in [0.2, 0.25) is 20.1 Å². The quantitative estimate of drug-likeness (QED) is 0.406. The van der Waals surface area contributed by atoms with Gasteiger partial charge in [0.05, 0.1) is 22.0 Å². The lowest BCUT2D eigenvalue weighted by atomic mass is 10.1. The van der Waals surface area contributed by atoms with E-state index < -0.39 is 34.4 Å². The third-order valence-electron chi connectivity index (χ3n) is 5.44. The van der Waals surface area contributed by atoms with Crippen LogP contribution in [0.25, 0.3) is 0 Å². The van der Waals surface area contributed by atoms with Crippen molar-refractivity contribution in [1.82, 2.24) is 10.2 Å². The Kier molecular flexibility index (Phi) is 10.5. The van der Waals surface area contributed by atoms with Crippen molar-refractivity contribution in [2.24, 2.45) is 0 Å². The van der Waals surface area contributed by atoms with Gasteiger partial charge in [0.1, 0.15) is 12.6 Å². The molecular formula is C23H27Cl4N3O4S. The van der Waals surface area contributed by atoms with Gasteiger partial charge in [0.2, 0.25) is 21.8 Å². The molecule has 0 bridgehead atoms. The van der Waals surface area contributed by atoms with Crippen LogP contribution < -0.4 is 9.62 Å². The number of halogens is 4. The lowest BCUT2D eigenvalue weighted by Crippen LogP contribution is -2.52. The largest absolute Gasteiger partial charge is 0.352 e. The monoisotopic (exact) mass is 581 g/mol. The number of amides is 2. The minimum absolute atomic E-state index is 0.0179. The minimum atomic E-state index is -3.95. The van der Waals surface area contributed by atoms with E-state index in [9.17, 15) is 18.0 Å². The van der Waals surface area contributed by atoms with E-state index in [2.05, 4.69) is 5.32 Å². The molecule has 0 saturated carbocycles. The summed E-state index contributed by atoms with van der Waals surface area (Å²) in [7, 11) is -3.95. The first-order valence-corrected chi connectivity index (χ1v) is 14.1. The van der Waals surface area contributed by atoms with Crippen LogP contribution >= 0.6 is 46.4 Å². The molecule has 2 aromatic carbocycles. The van der Waals surface area contributed by atoms with Gasteiger partial charge in [-0.05, 0) is 44.5 Å². The number of nitrogens with one attached hydrogen (secondary N) is 1. The van der Waals surface area contributed by atoms with Gasteiger partial charge in [0.25, 0.3) is 0 Å². The number of carbonyl (C=O) groups excluding carboxylic acids is 2. The fourth-order valence-electron chi connectivity index (χ4n) is 3.18. The van der Waals surface area contributed by atoms with E-state index in [1.54, 1.807) is 25.1 Å². The summed E-state index contributed by atoms with van der Waals surface area (Å²) in [5.41, 5.74) is 0.474. The number of hydrogen-bond acceptors (Lipinski definition) is 4. The Morgan fingerprint density at radius 1 is 0.971 bits per heavy atom. The molecule has 2 amide bonds. The number of anilines is 1. The maximum atomic E-state index is 13.6.